The first-order valence-corrected chi connectivity index (χ1v) is 8.20. The summed E-state index contributed by atoms with van der Waals surface area (Å²) in [7, 11) is 0. The van der Waals surface area contributed by atoms with Gasteiger partial charge >= 0.3 is 6.03 Å². The number of hydrogen-bond donors (Lipinski definition) is 3. The van der Waals surface area contributed by atoms with E-state index in [0.717, 1.165) is 33.3 Å². The van der Waals surface area contributed by atoms with Gasteiger partial charge in [0.1, 0.15) is 5.82 Å². The first-order valence-electron chi connectivity index (χ1n) is 8.20. The van der Waals surface area contributed by atoms with Crippen molar-refractivity contribution in [3.8, 4) is 0 Å². The lowest BCUT2D eigenvalue weighted by Crippen LogP contribution is -2.31. The van der Waals surface area contributed by atoms with E-state index in [-0.39, 0.29) is 12.1 Å². The monoisotopic (exact) mass is 330 g/mol. The van der Waals surface area contributed by atoms with E-state index in [1.165, 1.54) is 0 Å². The van der Waals surface area contributed by atoms with E-state index in [9.17, 15) is 4.79 Å². The number of aromatic nitrogens is 2. The fraction of sp³-hybridized carbons (Fsp3) is 0.100. The zero-order valence-corrected chi connectivity index (χ0v) is 13.8. The van der Waals surface area contributed by atoms with Crippen molar-refractivity contribution in [2.24, 2.45) is 0 Å². The maximum Gasteiger partial charge on any atom is 0.319 e. The molecule has 3 aromatic carbocycles. The number of imidazole rings is 1. The van der Waals surface area contributed by atoms with Crippen LogP contribution in [0.15, 0.2) is 66.7 Å². The Balaban J connectivity index is 1.51. The van der Waals surface area contributed by atoms with Gasteiger partial charge in [-0.25, -0.2) is 9.78 Å². The third-order valence-electron chi connectivity index (χ3n) is 4.20. The summed E-state index contributed by atoms with van der Waals surface area (Å²) in [6, 6.07) is 21.1. The van der Waals surface area contributed by atoms with Crippen LogP contribution in [-0.4, -0.2) is 16.0 Å². The minimum absolute atomic E-state index is 0.234. The second kappa shape index (κ2) is 6.28. The molecular weight excluding hydrogens is 312 g/mol. The summed E-state index contributed by atoms with van der Waals surface area (Å²) in [6.07, 6.45) is 0. The Kier molecular flexibility index (Phi) is 3.82. The first kappa shape index (κ1) is 15.2. The minimum Gasteiger partial charge on any atom is -0.340 e. The average Bonchev–Trinajstić information content (AvgIpc) is 3.06. The van der Waals surface area contributed by atoms with Crippen molar-refractivity contribution in [3.63, 3.8) is 0 Å². The van der Waals surface area contributed by atoms with Crippen molar-refractivity contribution < 1.29 is 4.79 Å². The van der Waals surface area contributed by atoms with E-state index in [1.807, 2.05) is 73.7 Å². The molecule has 5 heteroatoms. The van der Waals surface area contributed by atoms with E-state index >= 15 is 0 Å². The number of urea groups is 1. The van der Waals surface area contributed by atoms with Crippen LogP contribution in [0, 0.1) is 0 Å². The molecule has 4 aromatic rings. The second-order valence-electron chi connectivity index (χ2n) is 5.99. The van der Waals surface area contributed by atoms with E-state index in [4.69, 9.17) is 0 Å². The molecule has 1 heterocycles. The average molecular weight is 330 g/mol. The Morgan fingerprint density at radius 2 is 1.76 bits per heavy atom. The lowest BCUT2D eigenvalue weighted by molar-refractivity contribution is 0.249. The van der Waals surface area contributed by atoms with Crippen molar-refractivity contribution in [1.82, 2.24) is 15.3 Å². The number of carbonyl (C=O) groups excluding carboxylic acids is 1. The molecule has 0 bridgehead atoms. The van der Waals surface area contributed by atoms with Gasteiger partial charge in [0.05, 0.1) is 22.8 Å². The van der Waals surface area contributed by atoms with Gasteiger partial charge in [0.25, 0.3) is 0 Å². The van der Waals surface area contributed by atoms with E-state index < -0.39 is 0 Å². The van der Waals surface area contributed by atoms with Gasteiger partial charge in [-0.1, -0.05) is 48.5 Å². The number of nitrogens with zero attached hydrogens (tertiary/aromatic N) is 1. The molecule has 0 aliphatic rings. The minimum atomic E-state index is -0.260. The number of hydrogen-bond acceptors (Lipinski definition) is 2. The van der Waals surface area contributed by atoms with Crippen LogP contribution in [0.25, 0.3) is 21.8 Å². The molecule has 2 amide bonds. The molecule has 25 heavy (non-hydrogen) atoms. The summed E-state index contributed by atoms with van der Waals surface area (Å²) in [5, 5.41) is 7.95. The van der Waals surface area contributed by atoms with Crippen molar-refractivity contribution in [2.75, 3.05) is 5.32 Å². The molecule has 0 aliphatic heterocycles. The number of amides is 2. The molecule has 0 radical (unpaired) electrons. The fourth-order valence-corrected chi connectivity index (χ4v) is 2.94. The third kappa shape index (κ3) is 3.04. The number of benzene rings is 3. The van der Waals surface area contributed by atoms with Crippen LogP contribution in [-0.2, 0) is 0 Å². The highest BCUT2D eigenvalue weighted by Crippen LogP contribution is 2.23. The highest BCUT2D eigenvalue weighted by molar-refractivity contribution is 6.01. The van der Waals surface area contributed by atoms with Gasteiger partial charge in [-0.2, -0.15) is 0 Å². The lowest BCUT2D eigenvalue weighted by Gasteiger charge is -2.14. The van der Waals surface area contributed by atoms with Crippen LogP contribution in [0.4, 0.5) is 10.5 Å². The van der Waals surface area contributed by atoms with E-state index in [0.29, 0.717) is 0 Å². The molecular formula is C20H18N4O. The fourth-order valence-electron chi connectivity index (χ4n) is 2.94. The molecule has 0 spiro atoms. The van der Waals surface area contributed by atoms with Crippen LogP contribution in [0.1, 0.15) is 18.8 Å². The second-order valence-corrected chi connectivity index (χ2v) is 5.99. The summed E-state index contributed by atoms with van der Waals surface area (Å²) in [5.41, 5.74) is 2.63. The lowest BCUT2D eigenvalue weighted by atomic mass is 10.1. The van der Waals surface area contributed by atoms with Crippen LogP contribution in [0.2, 0.25) is 0 Å². The largest absolute Gasteiger partial charge is 0.340 e. The SMILES string of the molecule is CC(NC(=O)Nc1cccc2ccccc12)c1nc2ccccc2[nH]1. The Morgan fingerprint density at radius 3 is 2.64 bits per heavy atom. The highest BCUT2D eigenvalue weighted by Gasteiger charge is 2.14. The zero-order chi connectivity index (χ0) is 17.2. The molecule has 3 N–H and O–H groups in total. The third-order valence-corrected chi connectivity index (χ3v) is 4.20. The predicted octanol–water partition coefficient (Wildman–Crippen LogP) is 4.60. The van der Waals surface area contributed by atoms with Crippen LogP contribution in [0.5, 0.6) is 0 Å². The van der Waals surface area contributed by atoms with Crippen molar-refractivity contribution >= 4 is 33.5 Å². The Labute approximate surface area is 145 Å². The van der Waals surface area contributed by atoms with Crippen LogP contribution >= 0.6 is 0 Å². The smallest absolute Gasteiger partial charge is 0.319 e. The van der Waals surface area contributed by atoms with Gasteiger partial charge < -0.3 is 15.6 Å². The summed E-state index contributed by atoms with van der Waals surface area (Å²) in [4.78, 5) is 20.2. The molecule has 1 aromatic heterocycles. The molecule has 1 atom stereocenters. The molecule has 0 fully saturated rings. The molecule has 0 saturated carbocycles. The number of aromatic amines is 1. The number of carbonyl (C=O) groups is 1. The molecule has 0 aliphatic carbocycles. The molecule has 124 valence electrons. The summed E-state index contributed by atoms with van der Waals surface area (Å²) < 4.78 is 0. The zero-order valence-electron chi connectivity index (χ0n) is 13.8. The standard InChI is InChI=1S/C20H18N4O/c1-13(19-22-17-10-4-5-11-18(17)23-19)21-20(25)24-16-12-6-8-14-7-2-3-9-15(14)16/h2-13H,1H3,(H,22,23)(H2,21,24,25). The Hall–Kier alpha value is -3.34. The van der Waals surface area contributed by atoms with Gasteiger partial charge in [-0.05, 0) is 30.5 Å². The van der Waals surface area contributed by atoms with Gasteiger partial charge in [-0.15, -0.1) is 0 Å². The number of para-hydroxylation sites is 2. The van der Waals surface area contributed by atoms with Crippen molar-refractivity contribution in [2.45, 2.75) is 13.0 Å². The Morgan fingerprint density at radius 1 is 1.00 bits per heavy atom. The topological polar surface area (TPSA) is 69.8 Å². The van der Waals surface area contributed by atoms with Crippen molar-refractivity contribution in [3.05, 3.63) is 72.6 Å². The van der Waals surface area contributed by atoms with Gasteiger partial charge in [0.15, 0.2) is 0 Å². The quantitative estimate of drug-likeness (QED) is 0.514. The maximum atomic E-state index is 12.4. The van der Waals surface area contributed by atoms with E-state index in [1.54, 1.807) is 0 Å². The summed E-state index contributed by atoms with van der Waals surface area (Å²) in [6.45, 7) is 1.90. The van der Waals surface area contributed by atoms with Crippen molar-refractivity contribution in [1.29, 1.82) is 0 Å². The number of nitrogens with one attached hydrogen (secondary N) is 3. The summed E-state index contributed by atoms with van der Waals surface area (Å²) >= 11 is 0. The van der Waals surface area contributed by atoms with Crippen LogP contribution in [0.3, 0.4) is 0 Å². The highest BCUT2D eigenvalue weighted by atomic mass is 16.2. The first-order chi connectivity index (χ1) is 12.2. The number of rotatable bonds is 3. The van der Waals surface area contributed by atoms with Gasteiger partial charge in [0, 0.05) is 5.39 Å². The van der Waals surface area contributed by atoms with Crippen LogP contribution < -0.4 is 10.6 Å². The number of H-pyrrole nitrogens is 1. The Bertz CT molecular complexity index is 1020. The van der Waals surface area contributed by atoms with E-state index in [2.05, 4.69) is 20.6 Å². The molecule has 4 rings (SSSR count). The van der Waals surface area contributed by atoms with Gasteiger partial charge in [0.2, 0.25) is 0 Å². The number of anilines is 1. The normalized spacial score (nSPS) is 12.2. The molecule has 5 nitrogen and oxygen atoms in total. The molecule has 1 unspecified atom stereocenters. The maximum absolute atomic E-state index is 12.4. The summed E-state index contributed by atoms with van der Waals surface area (Å²) in [5.74, 6) is 0.731. The number of fused-ring (bicyclic) bond motifs is 2. The molecule has 0 saturated heterocycles. The predicted molar refractivity (Wildman–Crippen MR) is 101 cm³/mol. The van der Waals surface area contributed by atoms with Gasteiger partial charge in [-0.3, -0.25) is 0 Å².